The third kappa shape index (κ3) is 7.42. The van der Waals surface area contributed by atoms with Gasteiger partial charge in [0.1, 0.15) is 17.3 Å². The molecule has 1 saturated carbocycles. The number of aromatic nitrogens is 4. The zero-order chi connectivity index (χ0) is 35.8. The fourth-order valence-corrected chi connectivity index (χ4v) is 6.82. The molecule has 1 unspecified atom stereocenters. The number of amides is 2. The second-order valence-electron chi connectivity index (χ2n) is 12.0. The molecule has 0 saturated heterocycles. The molecule has 3 aromatic heterocycles. The van der Waals surface area contributed by atoms with Crippen LogP contribution in [-0.4, -0.2) is 51.5 Å². The second-order valence-corrected chi connectivity index (χ2v) is 13.7. The largest absolute Gasteiger partial charge is 0.465 e. The third-order valence-corrected chi connectivity index (χ3v) is 9.04. The van der Waals surface area contributed by atoms with Gasteiger partial charge in [-0.25, -0.2) is 32.0 Å². The highest BCUT2D eigenvalue weighted by Gasteiger charge is 2.40. The number of sulfonamides is 1. The monoisotopic (exact) mass is 711 g/mol. The van der Waals surface area contributed by atoms with Crippen LogP contribution in [0, 0.1) is 11.7 Å². The van der Waals surface area contributed by atoms with Gasteiger partial charge in [0.15, 0.2) is 5.69 Å². The lowest BCUT2D eigenvalue weighted by molar-refractivity contribution is -0.141. The number of nitrogens with one attached hydrogen (secondary N) is 3. The number of halogens is 4. The Kier molecular flexibility index (Phi) is 9.04. The van der Waals surface area contributed by atoms with Crippen molar-refractivity contribution in [3.63, 3.8) is 0 Å². The summed E-state index contributed by atoms with van der Waals surface area (Å²) >= 11 is 0. The first-order valence-electron chi connectivity index (χ1n) is 15.2. The predicted octanol–water partition coefficient (Wildman–Crippen LogP) is 6.30. The number of benzene rings is 2. The van der Waals surface area contributed by atoms with E-state index in [9.17, 15) is 36.3 Å². The molecular formula is C33H29F4N7O5S. The molecule has 4 N–H and O–H groups in total. The maximum Gasteiger partial charge on any atom is 0.435 e. The van der Waals surface area contributed by atoms with Crippen molar-refractivity contribution < 1.29 is 40.7 Å². The van der Waals surface area contributed by atoms with Crippen LogP contribution in [-0.2, 0) is 21.7 Å². The molecule has 2 aromatic carbocycles. The number of fused-ring (bicyclic) bond motifs is 1. The van der Waals surface area contributed by atoms with Crippen LogP contribution in [0.4, 0.5) is 33.9 Å². The van der Waals surface area contributed by atoms with Gasteiger partial charge in [-0.05, 0) is 77.7 Å². The van der Waals surface area contributed by atoms with Gasteiger partial charge in [-0.3, -0.25) is 15.1 Å². The Morgan fingerprint density at radius 1 is 0.960 bits per heavy atom. The highest BCUT2D eigenvalue weighted by molar-refractivity contribution is 7.88. The zero-order valence-corrected chi connectivity index (χ0v) is 27.0. The van der Waals surface area contributed by atoms with E-state index in [2.05, 4.69) is 30.4 Å². The van der Waals surface area contributed by atoms with Crippen LogP contribution in [0.5, 0.6) is 0 Å². The first-order chi connectivity index (χ1) is 23.6. The summed E-state index contributed by atoms with van der Waals surface area (Å²) in [5.41, 5.74) is -3.14. The SMILES string of the molecule is CS(=O)(=O)NC(CCC1CC1)(c1ccncc1)c1ccc(F)c(NC(=O)c2cc(C(F)(F)F)nn2-c2ccc3ccnc(NC(=O)O)c3c2)c1. The van der Waals surface area contributed by atoms with Crippen molar-refractivity contribution in [2.75, 3.05) is 16.9 Å². The van der Waals surface area contributed by atoms with Gasteiger partial charge in [-0.1, -0.05) is 25.0 Å². The molecule has 0 bridgehead atoms. The molecular weight excluding hydrogens is 682 g/mol. The van der Waals surface area contributed by atoms with Crippen molar-refractivity contribution in [3.05, 3.63) is 108 Å². The van der Waals surface area contributed by atoms with Gasteiger partial charge in [-0.15, -0.1) is 0 Å². The Hall–Kier alpha value is -5.42. The highest BCUT2D eigenvalue weighted by atomic mass is 32.2. The van der Waals surface area contributed by atoms with Gasteiger partial charge in [0, 0.05) is 30.0 Å². The van der Waals surface area contributed by atoms with Crippen molar-refractivity contribution in [1.82, 2.24) is 24.5 Å². The van der Waals surface area contributed by atoms with Crippen LogP contribution >= 0.6 is 0 Å². The van der Waals surface area contributed by atoms with E-state index in [0.29, 0.717) is 34.0 Å². The maximum absolute atomic E-state index is 15.4. The van der Waals surface area contributed by atoms with Gasteiger partial charge in [0.2, 0.25) is 10.0 Å². The molecule has 0 spiro atoms. The Balaban J connectivity index is 1.43. The lowest BCUT2D eigenvalue weighted by Crippen LogP contribution is -2.46. The van der Waals surface area contributed by atoms with Crippen molar-refractivity contribution in [1.29, 1.82) is 0 Å². The molecule has 1 aliphatic rings. The van der Waals surface area contributed by atoms with Crippen LogP contribution in [0.1, 0.15) is 53.0 Å². The second kappa shape index (κ2) is 13.1. The van der Waals surface area contributed by atoms with Gasteiger partial charge in [-0.2, -0.15) is 18.3 Å². The van der Waals surface area contributed by atoms with Crippen LogP contribution in [0.3, 0.4) is 0 Å². The van der Waals surface area contributed by atoms with Gasteiger partial charge >= 0.3 is 12.3 Å². The molecule has 1 aliphatic carbocycles. The van der Waals surface area contributed by atoms with Crippen LogP contribution in [0.15, 0.2) is 79.3 Å². The average molecular weight is 712 g/mol. The minimum atomic E-state index is -4.97. The topological polar surface area (TPSA) is 168 Å². The molecule has 1 fully saturated rings. The Morgan fingerprint density at radius 3 is 2.36 bits per heavy atom. The molecule has 1 atom stereocenters. The van der Waals surface area contributed by atoms with Crippen LogP contribution < -0.4 is 15.4 Å². The minimum Gasteiger partial charge on any atom is -0.465 e. The molecule has 260 valence electrons. The van der Waals surface area contributed by atoms with E-state index in [0.717, 1.165) is 25.2 Å². The molecule has 6 rings (SSSR count). The number of carbonyl (C=O) groups is 2. The Bertz CT molecular complexity index is 2210. The summed E-state index contributed by atoms with van der Waals surface area (Å²) in [7, 11) is -3.88. The van der Waals surface area contributed by atoms with Crippen molar-refractivity contribution in [3.8, 4) is 5.69 Å². The quantitative estimate of drug-likeness (QED) is 0.116. The summed E-state index contributed by atoms with van der Waals surface area (Å²) in [4.78, 5) is 33.1. The average Bonchev–Trinajstić information content (AvgIpc) is 3.77. The molecule has 50 heavy (non-hydrogen) atoms. The van der Waals surface area contributed by atoms with E-state index in [-0.39, 0.29) is 28.9 Å². The predicted molar refractivity (Wildman–Crippen MR) is 175 cm³/mol. The van der Waals surface area contributed by atoms with Crippen molar-refractivity contribution in [2.24, 2.45) is 5.92 Å². The molecule has 0 radical (unpaired) electrons. The molecule has 2 amide bonds. The van der Waals surface area contributed by atoms with Crippen LogP contribution in [0.25, 0.3) is 16.5 Å². The first-order valence-corrected chi connectivity index (χ1v) is 17.1. The summed E-state index contributed by atoms with van der Waals surface area (Å²) in [6, 6.07) is 13.1. The number of alkyl halides is 3. The highest BCUT2D eigenvalue weighted by Crippen LogP contribution is 2.42. The van der Waals surface area contributed by atoms with Gasteiger partial charge in [0.25, 0.3) is 5.91 Å². The fourth-order valence-electron chi connectivity index (χ4n) is 5.84. The number of anilines is 2. The molecule has 0 aliphatic heterocycles. The van der Waals surface area contributed by atoms with E-state index < -0.39 is 56.6 Å². The molecule has 17 heteroatoms. The van der Waals surface area contributed by atoms with Crippen molar-refractivity contribution >= 4 is 44.3 Å². The Morgan fingerprint density at radius 2 is 1.70 bits per heavy atom. The van der Waals surface area contributed by atoms with E-state index >= 15 is 4.39 Å². The number of nitrogens with zero attached hydrogens (tertiary/aromatic N) is 4. The molecule has 3 heterocycles. The number of rotatable bonds is 11. The zero-order valence-electron chi connectivity index (χ0n) is 26.2. The summed E-state index contributed by atoms with van der Waals surface area (Å²) in [5.74, 6) is -1.83. The van der Waals surface area contributed by atoms with Crippen LogP contribution in [0.2, 0.25) is 0 Å². The number of carbonyl (C=O) groups excluding carboxylic acids is 1. The third-order valence-electron chi connectivity index (χ3n) is 8.32. The number of hydrogen-bond donors (Lipinski definition) is 4. The summed E-state index contributed by atoms with van der Waals surface area (Å²) < 4.78 is 86.1. The molecule has 12 nitrogen and oxygen atoms in total. The summed E-state index contributed by atoms with van der Waals surface area (Å²) in [5, 5.41) is 18.0. The lowest BCUT2D eigenvalue weighted by atomic mass is 9.79. The molecule has 5 aromatic rings. The number of hydrogen-bond acceptors (Lipinski definition) is 7. The summed E-state index contributed by atoms with van der Waals surface area (Å²) in [6.45, 7) is 0. The van der Waals surface area contributed by atoms with Crippen molar-refractivity contribution in [2.45, 2.75) is 37.4 Å². The van der Waals surface area contributed by atoms with Gasteiger partial charge in [0.05, 0.1) is 23.2 Å². The van der Waals surface area contributed by atoms with E-state index in [1.807, 2.05) is 0 Å². The number of pyridine rings is 2. The fraction of sp³-hybridized carbons (Fsp3) is 0.242. The van der Waals surface area contributed by atoms with Gasteiger partial charge < -0.3 is 10.4 Å². The summed E-state index contributed by atoms with van der Waals surface area (Å²) in [6.07, 6.45) is 1.79. The first kappa shape index (κ1) is 34.4. The minimum absolute atomic E-state index is 0.0528. The lowest BCUT2D eigenvalue weighted by Gasteiger charge is -2.36. The van der Waals surface area contributed by atoms with E-state index in [1.54, 1.807) is 18.2 Å². The maximum atomic E-state index is 15.4. The van der Waals surface area contributed by atoms with E-state index in [1.165, 1.54) is 48.9 Å². The Labute approximate surface area is 282 Å². The smallest absolute Gasteiger partial charge is 0.435 e. The standard InChI is InChI=1S/C33H29F4N7O5S/c1-50(48,49)43-32(12-8-19-2-3-19,21-10-13-38-14-11-21)22-5-7-25(34)26(16-22)40-30(45)27-18-28(33(35,36)37)42-44(27)23-6-4-20-9-15-39-29(24(20)17-23)41-31(46)47/h4-7,9-11,13-19,43H,2-3,8,12H2,1H3,(H,39,41)(H,40,45)(H,46,47). The van der Waals surface area contributed by atoms with E-state index in [4.69, 9.17) is 0 Å². The normalized spacial score (nSPS) is 14.7. The number of carboxylic acid groups (broad SMARTS) is 1.